The molecule has 1 aromatic heterocycles. The summed E-state index contributed by atoms with van der Waals surface area (Å²) < 4.78 is 30.4. The topological polar surface area (TPSA) is 73.1 Å². The maximum absolute atomic E-state index is 14.8. The van der Waals surface area contributed by atoms with E-state index in [-0.39, 0.29) is 11.9 Å². The molecule has 2 N–H and O–H groups in total. The average Bonchev–Trinajstić information content (AvgIpc) is 3.42. The second kappa shape index (κ2) is 9.67. The van der Waals surface area contributed by atoms with Gasteiger partial charge in [-0.3, -0.25) is 4.90 Å². The van der Waals surface area contributed by atoms with E-state index in [1.807, 2.05) is 19.1 Å². The minimum absolute atomic E-state index is 0.0142. The van der Waals surface area contributed by atoms with Gasteiger partial charge in [0.05, 0.1) is 6.20 Å². The number of nitrogens with zero attached hydrogens (tertiary/aromatic N) is 5. The molecular weight excluding hydrogens is 468 g/mol. The van der Waals surface area contributed by atoms with E-state index in [0.717, 1.165) is 46.2 Å². The van der Waals surface area contributed by atoms with Crippen molar-refractivity contribution in [3.05, 3.63) is 65.1 Å². The molecule has 0 radical (unpaired) electrons. The van der Waals surface area contributed by atoms with Gasteiger partial charge in [-0.1, -0.05) is 0 Å². The highest BCUT2D eigenvalue weighted by Gasteiger charge is 2.46. The summed E-state index contributed by atoms with van der Waals surface area (Å²) in [7, 11) is 1.80. The monoisotopic (exact) mass is 497 g/mol. The van der Waals surface area contributed by atoms with Crippen LogP contribution in [0.4, 0.5) is 20.2 Å². The molecule has 5 rings (SSSR count). The van der Waals surface area contributed by atoms with E-state index >= 15 is 0 Å². The molecule has 1 aliphatic carbocycles. The average molecular weight is 498 g/mol. The third kappa shape index (κ3) is 5.55. The second-order valence-electron chi connectivity index (χ2n) is 9.36. The fourth-order valence-electron chi connectivity index (χ4n) is 4.54. The molecule has 0 bridgehead atoms. The van der Waals surface area contributed by atoms with Crippen molar-refractivity contribution in [1.29, 1.82) is 5.41 Å². The summed E-state index contributed by atoms with van der Waals surface area (Å²) in [5.74, 6) is -0.294. The number of piperazine rings is 1. The molecule has 1 saturated heterocycles. The minimum atomic E-state index is -1.08. The predicted molar refractivity (Wildman–Crippen MR) is 135 cm³/mol. The van der Waals surface area contributed by atoms with E-state index in [9.17, 15) is 8.78 Å². The Balaban J connectivity index is 1.42. The highest BCUT2D eigenvalue weighted by atomic mass is 32.2. The van der Waals surface area contributed by atoms with Crippen LogP contribution in [0.2, 0.25) is 0 Å². The van der Waals surface area contributed by atoms with E-state index in [2.05, 4.69) is 24.7 Å². The molecule has 2 aromatic carbocycles. The summed E-state index contributed by atoms with van der Waals surface area (Å²) in [6.07, 6.45) is 4.33. The molecule has 1 aliphatic heterocycles. The lowest BCUT2D eigenvalue weighted by atomic mass is 9.94. The Morgan fingerprint density at radius 3 is 2.66 bits per heavy atom. The van der Waals surface area contributed by atoms with Crippen LogP contribution in [-0.2, 0) is 7.05 Å². The van der Waals surface area contributed by atoms with Gasteiger partial charge in [-0.05, 0) is 79.2 Å². The van der Waals surface area contributed by atoms with Gasteiger partial charge in [0.15, 0.2) is 5.03 Å². The molecular formula is C25H29F2N7S. The zero-order valence-corrected chi connectivity index (χ0v) is 20.7. The van der Waals surface area contributed by atoms with Crippen LogP contribution in [0.15, 0.2) is 47.6 Å². The smallest absolute Gasteiger partial charge is 0.153 e. The Hall–Kier alpha value is -2.82. The van der Waals surface area contributed by atoms with E-state index in [1.165, 1.54) is 18.3 Å². The van der Waals surface area contributed by atoms with Gasteiger partial charge in [0.1, 0.15) is 11.5 Å². The number of aromatic nitrogens is 3. The molecule has 10 heteroatoms. The summed E-state index contributed by atoms with van der Waals surface area (Å²) in [6.45, 7) is 4.73. The Labute approximate surface area is 208 Å². The lowest BCUT2D eigenvalue weighted by Gasteiger charge is -2.42. The molecule has 1 atom stereocenters. The van der Waals surface area contributed by atoms with Crippen molar-refractivity contribution in [2.24, 2.45) is 7.05 Å². The van der Waals surface area contributed by atoms with Crippen molar-refractivity contribution in [2.45, 2.75) is 36.5 Å². The number of hydrogen-bond donors (Lipinski definition) is 2. The standard InChI is InChI=1S/C25H29F2N7S/c1-17-11-22(30-20-5-3-19(26)4-6-20)18(13-28)12-21(17)23-15-34(35-24-14-29-32(2)31-24)10-9-33(23)16-25(27)7-8-25/h3-6,11-14,23,28,30H,7-10,15-16H2,1-2H3. The van der Waals surface area contributed by atoms with Crippen molar-refractivity contribution in [2.75, 3.05) is 31.5 Å². The van der Waals surface area contributed by atoms with E-state index in [4.69, 9.17) is 5.41 Å². The molecule has 7 nitrogen and oxygen atoms in total. The number of halogens is 2. The van der Waals surface area contributed by atoms with Crippen LogP contribution in [0.3, 0.4) is 0 Å². The summed E-state index contributed by atoms with van der Waals surface area (Å²) in [4.78, 5) is 3.80. The van der Waals surface area contributed by atoms with Crippen LogP contribution in [0.5, 0.6) is 0 Å². The van der Waals surface area contributed by atoms with Gasteiger partial charge in [0, 0.05) is 62.4 Å². The first-order valence-corrected chi connectivity index (χ1v) is 12.5. The maximum Gasteiger partial charge on any atom is 0.153 e. The third-order valence-electron chi connectivity index (χ3n) is 6.61. The number of anilines is 2. The van der Waals surface area contributed by atoms with Crippen molar-refractivity contribution in [3.63, 3.8) is 0 Å². The van der Waals surface area contributed by atoms with Crippen LogP contribution < -0.4 is 5.32 Å². The van der Waals surface area contributed by atoms with Gasteiger partial charge in [-0.2, -0.15) is 9.90 Å². The molecule has 2 aliphatic rings. The Kier molecular flexibility index (Phi) is 6.61. The molecule has 2 fully saturated rings. The second-order valence-corrected chi connectivity index (χ2v) is 10.5. The number of nitrogens with one attached hydrogen (secondary N) is 2. The van der Waals surface area contributed by atoms with Gasteiger partial charge in [-0.15, -0.1) is 5.10 Å². The number of hydrogen-bond acceptors (Lipinski definition) is 7. The molecule has 0 spiro atoms. The summed E-state index contributed by atoms with van der Waals surface area (Å²) in [5, 5.41) is 20.7. The zero-order chi connectivity index (χ0) is 24.6. The molecule has 1 unspecified atom stereocenters. The van der Waals surface area contributed by atoms with Gasteiger partial charge in [0.25, 0.3) is 0 Å². The molecule has 184 valence electrons. The largest absolute Gasteiger partial charge is 0.355 e. The number of rotatable bonds is 8. The summed E-state index contributed by atoms with van der Waals surface area (Å²) in [5.41, 5.74) is 3.33. The van der Waals surface area contributed by atoms with Crippen molar-refractivity contribution in [1.82, 2.24) is 24.2 Å². The van der Waals surface area contributed by atoms with Gasteiger partial charge < -0.3 is 10.7 Å². The number of alkyl halides is 1. The van der Waals surface area contributed by atoms with Crippen molar-refractivity contribution in [3.8, 4) is 0 Å². The number of aryl methyl sites for hydroxylation is 2. The lowest BCUT2D eigenvalue weighted by Crippen LogP contribution is -2.48. The molecule has 2 heterocycles. The van der Waals surface area contributed by atoms with Crippen LogP contribution in [-0.4, -0.2) is 62.3 Å². The van der Waals surface area contributed by atoms with Gasteiger partial charge in [-0.25, -0.2) is 13.1 Å². The first kappa shape index (κ1) is 23.9. The highest BCUT2D eigenvalue weighted by Crippen LogP contribution is 2.43. The van der Waals surface area contributed by atoms with Gasteiger partial charge in [0.2, 0.25) is 0 Å². The van der Waals surface area contributed by atoms with Crippen LogP contribution in [0, 0.1) is 18.2 Å². The molecule has 3 aromatic rings. The van der Waals surface area contributed by atoms with E-state index in [0.29, 0.717) is 25.9 Å². The Bertz CT molecular complexity index is 1210. The number of benzene rings is 2. The quantitative estimate of drug-likeness (QED) is 0.342. The molecule has 0 amide bonds. The first-order valence-electron chi connectivity index (χ1n) is 11.7. The lowest BCUT2D eigenvalue weighted by molar-refractivity contribution is 0.0836. The normalized spacial score (nSPS) is 20.1. The summed E-state index contributed by atoms with van der Waals surface area (Å²) in [6, 6.07) is 10.2. The van der Waals surface area contributed by atoms with Crippen molar-refractivity contribution < 1.29 is 8.78 Å². The highest BCUT2D eigenvalue weighted by molar-refractivity contribution is 7.97. The fourth-order valence-corrected chi connectivity index (χ4v) is 5.44. The minimum Gasteiger partial charge on any atom is -0.355 e. The van der Waals surface area contributed by atoms with Crippen LogP contribution >= 0.6 is 11.9 Å². The summed E-state index contributed by atoms with van der Waals surface area (Å²) >= 11 is 1.57. The Morgan fingerprint density at radius 1 is 1.23 bits per heavy atom. The van der Waals surface area contributed by atoms with Crippen molar-refractivity contribution >= 4 is 29.5 Å². The van der Waals surface area contributed by atoms with E-state index in [1.54, 1.807) is 42.1 Å². The SMILES string of the molecule is Cc1cc(Nc2ccc(F)cc2)c(C=N)cc1C1CN(Sc2cnn(C)n2)CCN1CC1(F)CC1. The zero-order valence-electron chi connectivity index (χ0n) is 19.8. The third-order valence-corrected chi connectivity index (χ3v) is 7.57. The first-order chi connectivity index (χ1) is 16.8. The fraction of sp³-hybridized carbons (Fsp3) is 0.400. The van der Waals surface area contributed by atoms with Crippen LogP contribution in [0.25, 0.3) is 0 Å². The van der Waals surface area contributed by atoms with E-state index < -0.39 is 5.67 Å². The maximum atomic E-state index is 14.8. The van der Waals surface area contributed by atoms with Gasteiger partial charge >= 0.3 is 0 Å². The molecule has 1 saturated carbocycles. The predicted octanol–water partition coefficient (Wildman–Crippen LogP) is 4.87. The molecule has 35 heavy (non-hydrogen) atoms. The Morgan fingerprint density at radius 2 is 2.00 bits per heavy atom. The van der Waals surface area contributed by atoms with Crippen LogP contribution in [0.1, 0.15) is 35.6 Å².